The van der Waals surface area contributed by atoms with Gasteiger partial charge in [-0.3, -0.25) is 10.2 Å². The summed E-state index contributed by atoms with van der Waals surface area (Å²) < 4.78 is 0. The molecule has 0 saturated heterocycles. The van der Waals surface area contributed by atoms with E-state index in [1.165, 1.54) is 0 Å². The van der Waals surface area contributed by atoms with Crippen LogP contribution in [0.15, 0.2) is 29.3 Å². The number of guanidine groups is 1. The van der Waals surface area contributed by atoms with Crippen molar-refractivity contribution in [2.75, 3.05) is 11.1 Å². The lowest BCUT2D eigenvalue weighted by Gasteiger charge is -2.05. The molecule has 0 aliphatic carbocycles. The molecule has 0 heterocycles. The number of carbonyl (C=O) groups is 1. The van der Waals surface area contributed by atoms with Crippen molar-refractivity contribution >= 4 is 34.5 Å². The number of amidine groups is 1. The molecule has 0 bridgehead atoms. The molecule has 1 aromatic carbocycles. The van der Waals surface area contributed by atoms with Crippen LogP contribution in [0.3, 0.4) is 0 Å². The van der Waals surface area contributed by atoms with Crippen molar-refractivity contribution in [2.24, 2.45) is 16.5 Å². The van der Waals surface area contributed by atoms with Crippen LogP contribution in [0.1, 0.15) is 5.56 Å². The van der Waals surface area contributed by atoms with Crippen LogP contribution in [0.2, 0.25) is 0 Å². The number of nitrogens with zero attached hydrogens (tertiary/aromatic N) is 2. The first-order valence-corrected chi connectivity index (χ1v) is 6.56. The molecular formula is C12H14N6OS. The zero-order valence-corrected chi connectivity index (χ0v) is 11.4. The minimum absolute atomic E-state index is 0.0373. The number of hydrogen-bond donors (Lipinski definition) is 4. The Labute approximate surface area is 120 Å². The first kappa shape index (κ1) is 15.5. The highest BCUT2D eigenvalue weighted by molar-refractivity contribution is 8.14. The van der Waals surface area contributed by atoms with Crippen molar-refractivity contribution < 1.29 is 4.79 Å². The van der Waals surface area contributed by atoms with Crippen molar-refractivity contribution in [1.29, 1.82) is 10.7 Å². The van der Waals surface area contributed by atoms with E-state index in [0.29, 0.717) is 12.1 Å². The van der Waals surface area contributed by atoms with E-state index in [4.69, 9.17) is 22.1 Å². The molecule has 1 rings (SSSR count). The standard InChI is InChI=1S/C12H14N6OS/c13-6-5-8-1-3-9(4-2-8)17-10(19)7-20-12(16)18-11(14)15/h1-4H,5,7H2,(H,17,19)(H5,14,15,16,18). The quantitative estimate of drug-likeness (QED) is 0.475. The minimum Gasteiger partial charge on any atom is -0.370 e. The van der Waals surface area contributed by atoms with Crippen LogP contribution in [-0.2, 0) is 11.2 Å². The summed E-state index contributed by atoms with van der Waals surface area (Å²) in [5, 5.41) is 18.5. The Kier molecular flexibility index (Phi) is 6.06. The molecule has 6 N–H and O–H groups in total. The van der Waals surface area contributed by atoms with Crippen LogP contribution in [0.5, 0.6) is 0 Å². The van der Waals surface area contributed by atoms with E-state index in [-0.39, 0.29) is 22.8 Å². The molecule has 104 valence electrons. The third-order valence-electron chi connectivity index (χ3n) is 2.09. The Morgan fingerprint density at radius 1 is 1.40 bits per heavy atom. The normalized spacial score (nSPS) is 9.35. The Bertz CT molecular complexity index is 556. The summed E-state index contributed by atoms with van der Waals surface area (Å²) in [5.74, 6) is -0.440. The molecule has 20 heavy (non-hydrogen) atoms. The Hall–Kier alpha value is -2.53. The summed E-state index contributed by atoms with van der Waals surface area (Å²) in [7, 11) is 0. The van der Waals surface area contributed by atoms with E-state index >= 15 is 0 Å². The van der Waals surface area contributed by atoms with Gasteiger partial charge < -0.3 is 16.8 Å². The van der Waals surface area contributed by atoms with Gasteiger partial charge in [0.25, 0.3) is 0 Å². The molecule has 0 unspecified atom stereocenters. The zero-order chi connectivity index (χ0) is 15.0. The summed E-state index contributed by atoms with van der Waals surface area (Å²) >= 11 is 0.924. The third kappa shape index (κ3) is 5.88. The van der Waals surface area contributed by atoms with Crippen molar-refractivity contribution in [1.82, 2.24) is 0 Å². The molecule has 0 radical (unpaired) electrons. The predicted molar refractivity (Wildman–Crippen MR) is 80.4 cm³/mol. The van der Waals surface area contributed by atoms with Gasteiger partial charge in [0, 0.05) is 5.69 Å². The molecule has 0 atom stereocenters. The highest BCUT2D eigenvalue weighted by atomic mass is 32.2. The maximum atomic E-state index is 11.6. The molecule has 0 aliphatic heterocycles. The number of carbonyl (C=O) groups excluding carboxylic acids is 1. The number of hydrogen-bond acceptors (Lipinski definition) is 4. The van der Waals surface area contributed by atoms with Crippen LogP contribution in [0.4, 0.5) is 5.69 Å². The summed E-state index contributed by atoms with van der Waals surface area (Å²) in [4.78, 5) is 15.1. The van der Waals surface area contributed by atoms with E-state index in [1.807, 2.05) is 6.07 Å². The van der Waals surface area contributed by atoms with Crippen LogP contribution < -0.4 is 16.8 Å². The fourth-order valence-corrected chi connectivity index (χ4v) is 1.79. The average molecular weight is 290 g/mol. The molecule has 0 saturated carbocycles. The van der Waals surface area contributed by atoms with E-state index in [2.05, 4.69) is 10.3 Å². The van der Waals surface area contributed by atoms with Gasteiger partial charge in [0.05, 0.1) is 18.2 Å². The average Bonchev–Trinajstić information content (AvgIpc) is 2.38. The van der Waals surface area contributed by atoms with Crippen molar-refractivity contribution in [3.8, 4) is 6.07 Å². The van der Waals surface area contributed by atoms with Gasteiger partial charge in [0.15, 0.2) is 11.1 Å². The maximum Gasteiger partial charge on any atom is 0.234 e. The summed E-state index contributed by atoms with van der Waals surface area (Å²) in [5.41, 5.74) is 11.7. The number of rotatable bonds is 4. The highest BCUT2D eigenvalue weighted by Gasteiger charge is 2.05. The molecule has 7 nitrogen and oxygen atoms in total. The second-order valence-corrected chi connectivity index (χ2v) is 4.67. The molecular weight excluding hydrogens is 276 g/mol. The van der Waals surface area contributed by atoms with Crippen LogP contribution in [-0.4, -0.2) is 22.8 Å². The first-order chi connectivity index (χ1) is 9.51. The number of aliphatic imine (C=N–C) groups is 1. The molecule has 0 fully saturated rings. The SMILES string of the molecule is N#CCc1ccc(NC(=O)CSC(=N)N=C(N)N)cc1. The number of nitriles is 1. The van der Waals surface area contributed by atoms with E-state index in [9.17, 15) is 4.79 Å². The van der Waals surface area contributed by atoms with Crippen molar-refractivity contribution in [3.63, 3.8) is 0 Å². The van der Waals surface area contributed by atoms with Gasteiger partial charge in [-0.05, 0) is 17.7 Å². The molecule has 0 aliphatic rings. The lowest BCUT2D eigenvalue weighted by molar-refractivity contribution is -0.113. The number of benzene rings is 1. The highest BCUT2D eigenvalue weighted by Crippen LogP contribution is 2.11. The largest absolute Gasteiger partial charge is 0.370 e. The zero-order valence-electron chi connectivity index (χ0n) is 10.6. The smallest absolute Gasteiger partial charge is 0.234 e. The van der Waals surface area contributed by atoms with Crippen LogP contribution in [0.25, 0.3) is 0 Å². The number of nitrogens with one attached hydrogen (secondary N) is 2. The van der Waals surface area contributed by atoms with Gasteiger partial charge in [0.2, 0.25) is 5.91 Å². The number of thioether (sulfide) groups is 1. The summed E-state index contributed by atoms with van der Waals surface area (Å²) in [6.45, 7) is 0. The van der Waals surface area contributed by atoms with Gasteiger partial charge in [0.1, 0.15) is 0 Å². The number of nitrogens with two attached hydrogens (primary N) is 2. The molecule has 1 amide bonds. The fourth-order valence-electron chi connectivity index (χ4n) is 1.28. The Morgan fingerprint density at radius 3 is 2.60 bits per heavy atom. The van der Waals surface area contributed by atoms with Crippen LogP contribution >= 0.6 is 11.8 Å². The third-order valence-corrected chi connectivity index (χ3v) is 2.86. The topological polar surface area (TPSA) is 141 Å². The van der Waals surface area contributed by atoms with E-state index < -0.39 is 0 Å². The Balaban J connectivity index is 2.44. The summed E-state index contributed by atoms with van der Waals surface area (Å²) in [6.07, 6.45) is 0.333. The van der Waals surface area contributed by atoms with Crippen LogP contribution in [0, 0.1) is 16.7 Å². The summed E-state index contributed by atoms with van der Waals surface area (Å²) in [6, 6.07) is 9.03. The second-order valence-electron chi connectivity index (χ2n) is 3.71. The minimum atomic E-state index is -0.265. The Morgan fingerprint density at radius 2 is 2.05 bits per heavy atom. The molecule has 1 aromatic rings. The lowest BCUT2D eigenvalue weighted by atomic mass is 10.1. The van der Waals surface area contributed by atoms with Gasteiger partial charge in [-0.2, -0.15) is 10.3 Å². The fraction of sp³-hybridized carbons (Fsp3) is 0.167. The number of amides is 1. The molecule has 8 heteroatoms. The lowest BCUT2D eigenvalue weighted by Crippen LogP contribution is -2.24. The van der Waals surface area contributed by atoms with Gasteiger partial charge in [-0.25, -0.2) is 0 Å². The number of anilines is 1. The van der Waals surface area contributed by atoms with Gasteiger partial charge in [-0.15, -0.1) is 0 Å². The molecule has 0 aromatic heterocycles. The monoisotopic (exact) mass is 290 g/mol. The maximum absolute atomic E-state index is 11.6. The van der Waals surface area contributed by atoms with E-state index in [1.54, 1.807) is 24.3 Å². The van der Waals surface area contributed by atoms with Gasteiger partial charge in [-0.1, -0.05) is 23.9 Å². The first-order valence-electron chi connectivity index (χ1n) is 5.58. The molecule has 0 spiro atoms. The van der Waals surface area contributed by atoms with Crippen molar-refractivity contribution in [3.05, 3.63) is 29.8 Å². The van der Waals surface area contributed by atoms with Gasteiger partial charge >= 0.3 is 0 Å². The van der Waals surface area contributed by atoms with E-state index in [0.717, 1.165) is 17.3 Å². The van der Waals surface area contributed by atoms with Crippen molar-refractivity contribution in [2.45, 2.75) is 6.42 Å². The predicted octanol–water partition coefficient (Wildman–Crippen LogP) is 0.633. The second kappa shape index (κ2) is 7.81.